The Morgan fingerprint density at radius 1 is 1.23 bits per heavy atom. The molecule has 0 unspecified atom stereocenters. The van der Waals surface area contributed by atoms with E-state index in [2.05, 4.69) is 18.0 Å². The molecular formula is C21H30N2O3. The third-order valence-electron chi connectivity index (χ3n) is 5.33. The number of allylic oxidation sites excluding steroid dienone is 1. The Morgan fingerprint density at radius 3 is 2.50 bits per heavy atom. The fourth-order valence-corrected chi connectivity index (χ4v) is 3.55. The van der Waals surface area contributed by atoms with Gasteiger partial charge in [0.25, 0.3) is 0 Å². The van der Waals surface area contributed by atoms with Crippen LogP contribution in [0, 0.1) is 0 Å². The number of hydrogen-bond acceptors (Lipinski definition) is 3. The molecule has 2 fully saturated rings. The van der Waals surface area contributed by atoms with Crippen molar-refractivity contribution in [2.24, 2.45) is 0 Å². The van der Waals surface area contributed by atoms with Gasteiger partial charge in [-0.25, -0.2) is 4.79 Å². The molecular weight excluding hydrogens is 328 g/mol. The minimum Gasteiger partial charge on any atom is -0.350 e. The summed E-state index contributed by atoms with van der Waals surface area (Å²) >= 11 is 0. The van der Waals surface area contributed by atoms with E-state index in [-0.39, 0.29) is 6.03 Å². The first kappa shape index (κ1) is 18.9. The highest BCUT2D eigenvalue weighted by Gasteiger charge is 2.40. The zero-order valence-corrected chi connectivity index (χ0v) is 16.1. The maximum Gasteiger partial charge on any atom is 0.318 e. The summed E-state index contributed by atoms with van der Waals surface area (Å²) in [5.74, 6) is -0.472. The molecule has 142 valence electrons. The number of likely N-dealkylation sites (tertiary alicyclic amines) is 1. The van der Waals surface area contributed by atoms with Crippen molar-refractivity contribution in [2.45, 2.75) is 51.4 Å². The van der Waals surface area contributed by atoms with Crippen LogP contribution in [0.1, 0.15) is 51.2 Å². The molecule has 1 N–H and O–H groups in total. The van der Waals surface area contributed by atoms with Crippen molar-refractivity contribution in [3.63, 3.8) is 0 Å². The van der Waals surface area contributed by atoms with Crippen LogP contribution in [-0.4, -0.2) is 43.0 Å². The van der Waals surface area contributed by atoms with E-state index < -0.39 is 11.3 Å². The van der Waals surface area contributed by atoms with Gasteiger partial charge in [0.05, 0.1) is 18.8 Å². The first-order valence-electron chi connectivity index (χ1n) is 9.43. The molecule has 2 heterocycles. The van der Waals surface area contributed by atoms with Crippen molar-refractivity contribution >= 4 is 11.6 Å². The molecule has 1 aromatic carbocycles. The van der Waals surface area contributed by atoms with Crippen molar-refractivity contribution in [3.05, 3.63) is 42.0 Å². The van der Waals surface area contributed by atoms with Crippen molar-refractivity contribution in [1.82, 2.24) is 10.2 Å². The van der Waals surface area contributed by atoms with E-state index in [0.717, 1.165) is 49.2 Å². The second kappa shape index (κ2) is 7.41. The molecule has 2 amide bonds. The lowest BCUT2D eigenvalue weighted by atomic mass is 9.91. The zero-order chi connectivity index (χ0) is 18.8. The smallest absolute Gasteiger partial charge is 0.318 e. The average Bonchev–Trinajstić information content (AvgIpc) is 2.62. The molecule has 2 aliphatic heterocycles. The predicted octanol–water partition coefficient (Wildman–Crippen LogP) is 3.89. The Labute approximate surface area is 156 Å². The molecule has 5 nitrogen and oxygen atoms in total. The molecule has 0 aromatic heterocycles. The SMILES string of the molecule is C=C(C)c1cccc(C(C)(C)NC(=O)N2CCC3(CC2)OCCCO3)c1. The summed E-state index contributed by atoms with van der Waals surface area (Å²) in [4.78, 5) is 14.7. The van der Waals surface area contributed by atoms with Crippen molar-refractivity contribution < 1.29 is 14.3 Å². The lowest BCUT2D eigenvalue weighted by Gasteiger charge is -2.44. The molecule has 2 saturated heterocycles. The van der Waals surface area contributed by atoms with Crippen LogP contribution in [0.2, 0.25) is 0 Å². The number of carbonyl (C=O) groups excluding carboxylic acids is 1. The molecule has 2 aliphatic rings. The summed E-state index contributed by atoms with van der Waals surface area (Å²) in [6.45, 7) is 12.8. The number of rotatable bonds is 3. The summed E-state index contributed by atoms with van der Waals surface area (Å²) in [5, 5.41) is 3.18. The quantitative estimate of drug-likeness (QED) is 0.892. The number of nitrogens with one attached hydrogen (secondary N) is 1. The van der Waals surface area contributed by atoms with Crippen LogP contribution in [0.15, 0.2) is 30.8 Å². The normalized spacial score (nSPS) is 20.0. The highest BCUT2D eigenvalue weighted by Crippen LogP contribution is 2.31. The zero-order valence-electron chi connectivity index (χ0n) is 16.1. The monoisotopic (exact) mass is 358 g/mol. The van der Waals surface area contributed by atoms with Crippen LogP contribution in [-0.2, 0) is 15.0 Å². The van der Waals surface area contributed by atoms with E-state index in [1.165, 1.54) is 0 Å². The number of ether oxygens (including phenoxy) is 2. The van der Waals surface area contributed by atoms with Crippen LogP contribution < -0.4 is 5.32 Å². The molecule has 0 bridgehead atoms. The number of piperidine rings is 1. The Hall–Kier alpha value is -1.85. The van der Waals surface area contributed by atoms with E-state index in [1.54, 1.807) is 0 Å². The van der Waals surface area contributed by atoms with Gasteiger partial charge in [-0.1, -0.05) is 30.4 Å². The van der Waals surface area contributed by atoms with Gasteiger partial charge < -0.3 is 19.7 Å². The first-order valence-corrected chi connectivity index (χ1v) is 9.43. The standard InChI is InChI=1S/C21H30N2O3/c1-16(2)17-7-5-8-18(15-17)20(3,4)22-19(24)23-11-9-21(10-12-23)25-13-6-14-26-21/h5,7-8,15H,1,6,9-14H2,2-4H3,(H,22,24). The molecule has 5 heteroatoms. The summed E-state index contributed by atoms with van der Waals surface area (Å²) in [7, 11) is 0. The number of benzene rings is 1. The van der Waals surface area contributed by atoms with Crippen molar-refractivity contribution in [1.29, 1.82) is 0 Å². The largest absolute Gasteiger partial charge is 0.350 e. The van der Waals surface area contributed by atoms with Gasteiger partial charge in [0.2, 0.25) is 0 Å². The highest BCUT2D eigenvalue weighted by molar-refractivity contribution is 5.75. The second-order valence-corrected chi connectivity index (χ2v) is 7.86. The highest BCUT2D eigenvalue weighted by atomic mass is 16.7. The van der Waals surface area contributed by atoms with Crippen LogP contribution >= 0.6 is 0 Å². The van der Waals surface area contributed by atoms with Gasteiger partial charge >= 0.3 is 6.03 Å². The van der Waals surface area contributed by atoms with E-state index in [9.17, 15) is 4.79 Å². The summed E-state index contributed by atoms with van der Waals surface area (Å²) in [5.41, 5.74) is 2.72. The summed E-state index contributed by atoms with van der Waals surface area (Å²) < 4.78 is 11.7. The molecule has 1 aromatic rings. The maximum absolute atomic E-state index is 12.8. The predicted molar refractivity (Wildman–Crippen MR) is 103 cm³/mol. The maximum atomic E-state index is 12.8. The Kier molecular flexibility index (Phi) is 5.39. The minimum atomic E-state index is -0.472. The van der Waals surface area contributed by atoms with Gasteiger partial charge in [0.1, 0.15) is 0 Å². The molecule has 0 atom stereocenters. The Morgan fingerprint density at radius 2 is 1.88 bits per heavy atom. The van der Waals surface area contributed by atoms with Crippen LogP contribution in [0.3, 0.4) is 0 Å². The second-order valence-electron chi connectivity index (χ2n) is 7.86. The number of hydrogen-bond donors (Lipinski definition) is 1. The Balaban J connectivity index is 1.62. The summed E-state index contributed by atoms with van der Waals surface area (Å²) in [6, 6.07) is 8.15. The van der Waals surface area contributed by atoms with Gasteiger partial charge in [-0.05, 0) is 44.4 Å². The van der Waals surface area contributed by atoms with E-state index in [0.29, 0.717) is 13.1 Å². The Bertz CT molecular complexity index is 668. The van der Waals surface area contributed by atoms with Crippen LogP contribution in [0.4, 0.5) is 4.79 Å². The third-order valence-corrected chi connectivity index (χ3v) is 5.33. The number of carbonyl (C=O) groups is 1. The fourth-order valence-electron chi connectivity index (χ4n) is 3.55. The van der Waals surface area contributed by atoms with Crippen molar-refractivity contribution in [2.75, 3.05) is 26.3 Å². The van der Waals surface area contributed by atoms with E-state index in [1.807, 2.05) is 43.9 Å². The molecule has 0 aliphatic carbocycles. The number of nitrogens with zero attached hydrogens (tertiary/aromatic N) is 1. The molecule has 1 spiro atoms. The van der Waals surface area contributed by atoms with Gasteiger partial charge in [0, 0.05) is 25.9 Å². The summed E-state index contributed by atoms with van der Waals surface area (Å²) in [6.07, 6.45) is 2.40. The molecule has 26 heavy (non-hydrogen) atoms. The van der Waals surface area contributed by atoms with Crippen molar-refractivity contribution in [3.8, 4) is 0 Å². The van der Waals surface area contributed by atoms with Gasteiger partial charge in [-0.2, -0.15) is 0 Å². The third kappa shape index (κ3) is 4.10. The van der Waals surface area contributed by atoms with Gasteiger partial charge in [-0.3, -0.25) is 0 Å². The first-order chi connectivity index (χ1) is 12.3. The minimum absolute atomic E-state index is 0.0404. The lowest BCUT2D eigenvalue weighted by Crippen LogP contribution is -2.55. The molecule has 3 rings (SSSR count). The number of urea groups is 1. The lowest BCUT2D eigenvalue weighted by molar-refractivity contribution is -0.281. The van der Waals surface area contributed by atoms with E-state index >= 15 is 0 Å². The fraction of sp³-hybridized carbons (Fsp3) is 0.571. The number of amides is 2. The molecule has 0 saturated carbocycles. The van der Waals surface area contributed by atoms with Gasteiger partial charge in [0.15, 0.2) is 5.79 Å². The average molecular weight is 358 g/mol. The topological polar surface area (TPSA) is 50.8 Å². The molecule has 0 radical (unpaired) electrons. The van der Waals surface area contributed by atoms with Crippen LogP contribution in [0.5, 0.6) is 0 Å². The van der Waals surface area contributed by atoms with Gasteiger partial charge in [-0.15, -0.1) is 0 Å². The van der Waals surface area contributed by atoms with E-state index in [4.69, 9.17) is 9.47 Å². The van der Waals surface area contributed by atoms with Crippen LogP contribution in [0.25, 0.3) is 5.57 Å².